The maximum Gasteiger partial charge on any atom is 0.272 e. The number of benzene rings is 1. The van der Waals surface area contributed by atoms with Crippen molar-refractivity contribution in [2.75, 3.05) is 20.5 Å². The molecule has 0 fully saturated rings. The molecule has 1 atom stereocenters. The average molecular weight is 391 g/mol. The van der Waals surface area contributed by atoms with Crippen molar-refractivity contribution in [3.63, 3.8) is 0 Å². The van der Waals surface area contributed by atoms with E-state index in [0.29, 0.717) is 11.5 Å². The van der Waals surface area contributed by atoms with Crippen LogP contribution >= 0.6 is 11.8 Å². The van der Waals surface area contributed by atoms with Crippen LogP contribution in [0.5, 0.6) is 11.5 Å². The number of hydrogen-bond acceptors (Lipinski definition) is 7. The van der Waals surface area contributed by atoms with E-state index < -0.39 is 11.0 Å². The highest BCUT2D eigenvalue weighted by atomic mass is 32.2. The molecule has 2 aromatic rings. The summed E-state index contributed by atoms with van der Waals surface area (Å²) in [5, 5.41) is 7.49. The minimum atomic E-state index is -0.712. The van der Waals surface area contributed by atoms with Crippen LogP contribution in [0.15, 0.2) is 29.6 Å². The van der Waals surface area contributed by atoms with Crippen molar-refractivity contribution in [3.8, 4) is 11.5 Å². The fourth-order valence-electron chi connectivity index (χ4n) is 2.48. The molecular formula is C19H25N3O4S. The number of nitrogens with one attached hydrogen (secondary N) is 1. The Morgan fingerprint density at radius 2 is 2.00 bits per heavy atom. The summed E-state index contributed by atoms with van der Waals surface area (Å²) in [7, 11) is 3.05. The highest BCUT2D eigenvalue weighted by Gasteiger charge is 2.26. The lowest BCUT2D eigenvalue weighted by molar-refractivity contribution is -0.125. The Morgan fingerprint density at radius 3 is 2.63 bits per heavy atom. The van der Waals surface area contributed by atoms with Crippen LogP contribution in [-0.2, 0) is 9.63 Å². The number of nitrogens with zero attached hydrogens (tertiary/aromatic N) is 2. The van der Waals surface area contributed by atoms with Crippen LogP contribution in [0, 0.1) is 6.92 Å². The molecule has 0 saturated heterocycles. The number of carbonyl (C=O) groups excluding carboxylic acids is 1. The smallest absolute Gasteiger partial charge is 0.272 e. The van der Waals surface area contributed by atoms with E-state index in [-0.39, 0.29) is 5.91 Å². The first kappa shape index (κ1) is 20.8. The third-order valence-corrected chi connectivity index (χ3v) is 4.49. The largest absolute Gasteiger partial charge is 0.495 e. The SMILES string of the molecule is CO/N=C/C(C)(C)NC(=O)C(Oc1cc(C)c2ncc(OC)cc2c1)SC. The first-order valence-electron chi connectivity index (χ1n) is 8.33. The summed E-state index contributed by atoms with van der Waals surface area (Å²) in [5.41, 5.74) is 0.444. The number of hydrogen-bond donors (Lipinski definition) is 1. The van der Waals surface area contributed by atoms with Crippen molar-refractivity contribution in [1.82, 2.24) is 10.3 Å². The minimum Gasteiger partial charge on any atom is -0.495 e. The number of rotatable bonds is 8. The second kappa shape index (κ2) is 8.94. The van der Waals surface area contributed by atoms with Crippen LogP contribution in [0.4, 0.5) is 0 Å². The molecule has 146 valence electrons. The van der Waals surface area contributed by atoms with E-state index in [1.807, 2.05) is 45.2 Å². The highest BCUT2D eigenvalue weighted by Crippen LogP contribution is 2.28. The molecule has 0 saturated carbocycles. The molecule has 0 bridgehead atoms. The van der Waals surface area contributed by atoms with Gasteiger partial charge in [0.05, 0.1) is 30.6 Å². The van der Waals surface area contributed by atoms with Crippen molar-refractivity contribution in [1.29, 1.82) is 0 Å². The van der Waals surface area contributed by atoms with Crippen LogP contribution in [-0.4, -0.2) is 48.6 Å². The summed E-state index contributed by atoms with van der Waals surface area (Å²) >= 11 is 1.31. The Kier molecular flexibility index (Phi) is 6.90. The number of amides is 1. The number of aryl methyl sites for hydroxylation is 1. The van der Waals surface area contributed by atoms with Crippen molar-refractivity contribution in [3.05, 3.63) is 30.0 Å². The van der Waals surface area contributed by atoms with Gasteiger partial charge >= 0.3 is 0 Å². The molecule has 0 aliphatic carbocycles. The van der Waals surface area contributed by atoms with Crippen LogP contribution in [0.1, 0.15) is 19.4 Å². The molecule has 1 aromatic carbocycles. The maximum absolute atomic E-state index is 12.6. The molecule has 1 N–H and O–H groups in total. The molecule has 0 aliphatic heterocycles. The zero-order chi connectivity index (χ0) is 20.0. The van der Waals surface area contributed by atoms with E-state index in [9.17, 15) is 4.79 Å². The molecule has 1 heterocycles. The van der Waals surface area contributed by atoms with Crippen LogP contribution < -0.4 is 14.8 Å². The number of carbonyl (C=O) groups is 1. The number of thioether (sulfide) groups is 1. The van der Waals surface area contributed by atoms with Crippen LogP contribution in [0.3, 0.4) is 0 Å². The van der Waals surface area contributed by atoms with Gasteiger partial charge in [0.2, 0.25) is 5.44 Å². The van der Waals surface area contributed by atoms with E-state index in [1.54, 1.807) is 13.3 Å². The van der Waals surface area contributed by atoms with Gasteiger partial charge in [-0.3, -0.25) is 9.78 Å². The Morgan fingerprint density at radius 1 is 1.30 bits per heavy atom. The number of ether oxygens (including phenoxy) is 2. The monoisotopic (exact) mass is 391 g/mol. The lowest BCUT2D eigenvalue weighted by Gasteiger charge is -2.24. The molecule has 1 unspecified atom stereocenters. The Bertz CT molecular complexity index is 839. The van der Waals surface area contributed by atoms with E-state index >= 15 is 0 Å². The topological polar surface area (TPSA) is 82.0 Å². The van der Waals surface area contributed by atoms with Crippen molar-refractivity contribution >= 4 is 34.8 Å². The molecule has 1 aromatic heterocycles. The lowest BCUT2D eigenvalue weighted by Crippen LogP contribution is -2.49. The van der Waals surface area contributed by atoms with E-state index in [0.717, 1.165) is 16.5 Å². The summed E-state index contributed by atoms with van der Waals surface area (Å²) < 4.78 is 11.2. The molecule has 0 spiro atoms. The second-order valence-electron chi connectivity index (χ2n) is 6.50. The standard InChI is InChI=1S/C19H25N3O4S/c1-12-7-14(8-13-9-15(24-4)10-20-16(12)13)26-18(27-6)17(23)22-19(2,3)11-21-25-5/h7-11,18H,1-6H3,(H,22,23)/b21-11+. The van der Waals surface area contributed by atoms with Gasteiger partial charge in [-0.1, -0.05) is 5.16 Å². The van der Waals surface area contributed by atoms with Gasteiger partial charge in [0.1, 0.15) is 18.6 Å². The molecule has 7 nitrogen and oxygen atoms in total. The van der Waals surface area contributed by atoms with Gasteiger partial charge in [0, 0.05) is 5.39 Å². The summed E-state index contributed by atoms with van der Waals surface area (Å²) in [5.74, 6) is 1.00. The number of oxime groups is 1. The quantitative estimate of drug-likeness (QED) is 0.423. The first-order valence-corrected chi connectivity index (χ1v) is 9.62. The molecule has 0 radical (unpaired) electrons. The van der Waals surface area contributed by atoms with Gasteiger partial charge in [0.15, 0.2) is 0 Å². The summed E-state index contributed by atoms with van der Waals surface area (Å²) in [4.78, 5) is 21.7. The molecule has 1 amide bonds. The fourth-order valence-corrected chi connectivity index (χ4v) is 2.96. The summed E-state index contributed by atoms with van der Waals surface area (Å²) in [6, 6.07) is 5.61. The average Bonchev–Trinajstić information content (AvgIpc) is 2.63. The van der Waals surface area contributed by atoms with Crippen molar-refractivity contribution in [2.24, 2.45) is 5.16 Å². The number of pyridine rings is 1. The van der Waals surface area contributed by atoms with E-state index in [4.69, 9.17) is 9.47 Å². The van der Waals surface area contributed by atoms with Crippen LogP contribution in [0.25, 0.3) is 10.9 Å². The first-order chi connectivity index (χ1) is 12.8. The molecule has 0 aliphatic rings. The molecule has 27 heavy (non-hydrogen) atoms. The van der Waals surface area contributed by atoms with Gasteiger partial charge in [-0.05, 0) is 50.8 Å². The molecule has 2 rings (SSSR count). The summed E-state index contributed by atoms with van der Waals surface area (Å²) in [6.45, 7) is 5.60. The number of aromatic nitrogens is 1. The van der Waals surface area contributed by atoms with Crippen molar-refractivity contribution < 1.29 is 19.1 Å². The van der Waals surface area contributed by atoms with Crippen LogP contribution in [0.2, 0.25) is 0 Å². The molecular weight excluding hydrogens is 366 g/mol. The number of methoxy groups -OCH3 is 1. The van der Waals surface area contributed by atoms with Gasteiger partial charge < -0.3 is 19.6 Å². The zero-order valence-electron chi connectivity index (χ0n) is 16.4. The predicted octanol–water partition coefficient (Wildman–Crippen LogP) is 3.15. The normalized spacial score (nSPS) is 12.8. The van der Waals surface area contributed by atoms with E-state index in [1.165, 1.54) is 25.1 Å². The Labute approximate surface area is 163 Å². The summed E-state index contributed by atoms with van der Waals surface area (Å²) in [6.07, 6.45) is 5.02. The highest BCUT2D eigenvalue weighted by molar-refractivity contribution is 7.99. The molecule has 8 heteroatoms. The van der Waals surface area contributed by atoms with Crippen molar-refractivity contribution in [2.45, 2.75) is 31.7 Å². The Balaban J connectivity index is 2.22. The van der Waals surface area contributed by atoms with Gasteiger partial charge in [-0.25, -0.2) is 0 Å². The fraction of sp³-hybridized carbons (Fsp3) is 0.421. The zero-order valence-corrected chi connectivity index (χ0v) is 17.2. The Hall–Kier alpha value is -2.48. The third kappa shape index (κ3) is 5.50. The lowest BCUT2D eigenvalue weighted by atomic mass is 10.1. The van der Waals surface area contributed by atoms with Gasteiger partial charge in [-0.2, -0.15) is 0 Å². The maximum atomic E-state index is 12.6. The van der Waals surface area contributed by atoms with Gasteiger partial charge in [-0.15, -0.1) is 11.8 Å². The minimum absolute atomic E-state index is 0.253. The number of fused-ring (bicyclic) bond motifs is 1. The van der Waals surface area contributed by atoms with Gasteiger partial charge in [0.25, 0.3) is 5.91 Å². The third-order valence-electron chi connectivity index (χ3n) is 3.76. The van der Waals surface area contributed by atoms with E-state index in [2.05, 4.69) is 20.3 Å². The second-order valence-corrected chi connectivity index (χ2v) is 7.40. The predicted molar refractivity (Wildman–Crippen MR) is 109 cm³/mol.